The largest absolute Gasteiger partial charge is 0.411 e. The van der Waals surface area contributed by atoms with E-state index >= 15 is 0 Å². The van der Waals surface area contributed by atoms with Crippen LogP contribution in [0.15, 0.2) is 12.7 Å². The molecule has 1 N–H and O–H groups in total. The zero-order chi connectivity index (χ0) is 15.4. The molecule has 0 aromatic rings. The highest BCUT2D eigenvalue weighted by Gasteiger charge is 2.42. The summed E-state index contributed by atoms with van der Waals surface area (Å²) in [5, 5.41) is 10.7. The van der Waals surface area contributed by atoms with Crippen molar-refractivity contribution in [1.82, 2.24) is 0 Å². The minimum absolute atomic E-state index is 0.00538. The van der Waals surface area contributed by atoms with Crippen LogP contribution in [-0.2, 0) is 4.43 Å². The molecule has 1 aliphatic carbocycles. The van der Waals surface area contributed by atoms with Crippen molar-refractivity contribution in [2.75, 3.05) is 0 Å². The fraction of sp³-hybridized carbons (Fsp3) is 0.882. The van der Waals surface area contributed by atoms with Crippen LogP contribution in [0.25, 0.3) is 0 Å². The topological polar surface area (TPSA) is 29.5 Å². The van der Waals surface area contributed by atoms with Gasteiger partial charge in [-0.15, -0.1) is 6.58 Å². The first kappa shape index (κ1) is 17.9. The van der Waals surface area contributed by atoms with E-state index in [0.29, 0.717) is 12.3 Å². The summed E-state index contributed by atoms with van der Waals surface area (Å²) in [5.41, 5.74) is 0. The lowest BCUT2D eigenvalue weighted by atomic mass is 9.83. The quantitative estimate of drug-likeness (QED) is 0.558. The van der Waals surface area contributed by atoms with Crippen molar-refractivity contribution in [3.05, 3.63) is 12.7 Å². The highest BCUT2D eigenvalue weighted by Crippen LogP contribution is 2.40. The van der Waals surface area contributed by atoms with E-state index in [0.717, 1.165) is 0 Å². The van der Waals surface area contributed by atoms with Crippen molar-refractivity contribution in [2.24, 2.45) is 5.92 Å². The third-order valence-corrected chi connectivity index (χ3v) is 9.61. The van der Waals surface area contributed by atoms with Crippen molar-refractivity contribution in [3.63, 3.8) is 0 Å². The first-order chi connectivity index (χ1) is 9.19. The van der Waals surface area contributed by atoms with Crippen molar-refractivity contribution in [2.45, 2.75) is 89.6 Å². The van der Waals surface area contributed by atoms with Gasteiger partial charge in [-0.25, -0.2) is 0 Å². The molecule has 0 spiro atoms. The van der Waals surface area contributed by atoms with Gasteiger partial charge in [0, 0.05) is 0 Å². The van der Waals surface area contributed by atoms with Crippen LogP contribution in [0, 0.1) is 5.92 Å². The van der Waals surface area contributed by atoms with Gasteiger partial charge in [0.25, 0.3) is 0 Å². The first-order valence-corrected chi connectivity index (χ1v) is 11.1. The van der Waals surface area contributed by atoms with E-state index in [1.165, 1.54) is 32.1 Å². The molecule has 0 aromatic heterocycles. The van der Waals surface area contributed by atoms with Crippen LogP contribution in [-0.4, -0.2) is 25.6 Å². The Bertz CT molecular complexity index is 301. The lowest BCUT2D eigenvalue weighted by Crippen LogP contribution is -2.49. The fourth-order valence-electron chi connectivity index (χ4n) is 2.77. The average molecular weight is 299 g/mol. The van der Waals surface area contributed by atoms with E-state index in [4.69, 9.17) is 4.43 Å². The standard InChI is InChI=1S/C17H34O2Si/c1-7-11-15(18)16(14-12-9-8-10-13-14)19-20(5,6)17(2,3)4/h7,14-16,18H,1,8-13H2,2-6H3/t15?,16-/m0/s1. The van der Waals surface area contributed by atoms with Crippen LogP contribution in [0.5, 0.6) is 0 Å². The summed E-state index contributed by atoms with van der Waals surface area (Å²) < 4.78 is 6.60. The van der Waals surface area contributed by atoms with Crippen LogP contribution < -0.4 is 0 Å². The first-order valence-electron chi connectivity index (χ1n) is 8.16. The van der Waals surface area contributed by atoms with Gasteiger partial charge in [0.15, 0.2) is 8.32 Å². The van der Waals surface area contributed by atoms with Crippen LogP contribution >= 0.6 is 0 Å². The molecule has 1 fully saturated rings. The van der Waals surface area contributed by atoms with Gasteiger partial charge >= 0.3 is 0 Å². The van der Waals surface area contributed by atoms with E-state index in [2.05, 4.69) is 40.4 Å². The summed E-state index contributed by atoms with van der Waals surface area (Å²) in [6, 6.07) is 0. The maximum Gasteiger partial charge on any atom is 0.192 e. The number of hydrogen-bond donors (Lipinski definition) is 1. The minimum atomic E-state index is -1.84. The third kappa shape index (κ3) is 4.71. The highest BCUT2D eigenvalue weighted by atomic mass is 28.4. The molecule has 3 heteroatoms. The molecule has 118 valence electrons. The molecule has 0 heterocycles. The Labute approximate surface area is 126 Å². The summed E-state index contributed by atoms with van der Waals surface area (Å²) in [7, 11) is -1.84. The zero-order valence-corrected chi connectivity index (χ0v) is 15.1. The minimum Gasteiger partial charge on any atom is -0.411 e. The molecule has 2 nitrogen and oxygen atoms in total. The summed E-state index contributed by atoms with van der Waals surface area (Å²) in [6.45, 7) is 15.1. The molecule has 0 aromatic carbocycles. The molecule has 1 unspecified atom stereocenters. The van der Waals surface area contributed by atoms with Crippen LogP contribution in [0.3, 0.4) is 0 Å². The zero-order valence-electron chi connectivity index (χ0n) is 14.1. The second-order valence-electron chi connectivity index (χ2n) is 7.83. The normalized spacial score (nSPS) is 21.5. The lowest BCUT2D eigenvalue weighted by Gasteiger charge is -2.43. The maximum atomic E-state index is 10.5. The molecular weight excluding hydrogens is 264 g/mol. The van der Waals surface area contributed by atoms with Crippen molar-refractivity contribution >= 4 is 8.32 Å². The molecule has 0 radical (unpaired) electrons. The van der Waals surface area contributed by atoms with Gasteiger partial charge in [0.05, 0.1) is 12.2 Å². The molecule has 0 saturated heterocycles. The summed E-state index contributed by atoms with van der Waals surface area (Å²) >= 11 is 0. The third-order valence-electron chi connectivity index (χ3n) is 5.14. The number of aliphatic hydroxyl groups excluding tert-OH is 1. The average Bonchev–Trinajstić information content (AvgIpc) is 2.36. The Hall–Kier alpha value is -0.123. The Balaban J connectivity index is 2.84. The number of aliphatic hydroxyl groups is 1. The van der Waals surface area contributed by atoms with E-state index in [-0.39, 0.29) is 11.1 Å². The molecule has 0 bridgehead atoms. The van der Waals surface area contributed by atoms with Gasteiger partial charge in [-0.2, -0.15) is 0 Å². The second-order valence-corrected chi connectivity index (χ2v) is 12.6. The summed E-state index contributed by atoms with van der Waals surface area (Å²) in [6.07, 6.45) is 8.35. The van der Waals surface area contributed by atoms with Crippen LogP contribution in [0.4, 0.5) is 0 Å². The lowest BCUT2D eigenvalue weighted by molar-refractivity contribution is -0.0166. The van der Waals surface area contributed by atoms with Crippen molar-refractivity contribution in [3.8, 4) is 0 Å². The molecule has 20 heavy (non-hydrogen) atoms. The predicted octanol–water partition coefficient (Wildman–Crippen LogP) is 4.89. The van der Waals surface area contributed by atoms with E-state index in [9.17, 15) is 5.11 Å². The molecule has 0 aliphatic heterocycles. The van der Waals surface area contributed by atoms with Crippen molar-refractivity contribution < 1.29 is 9.53 Å². The fourth-order valence-corrected chi connectivity index (χ4v) is 4.16. The Morgan fingerprint density at radius 1 is 1.25 bits per heavy atom. The number of rotatable bonds is 6. The smallest absolute Gasteiger partial charge is 0.192 e. The van der Waals surface area contributed by atoms with Gasteiger partial charge in [0.1, 0.15) is 0 Å². The van der Waals surface area contributed by atoms with Gasteiger partial charge in [0.2, 0.25) is 0 Å². The second kappa shape index (κ2) is 7.23. The van der Waals surface area contributed by atoms with E-state index < -0.39 is 14.4 Å². The van der Waals surface area contributed by atoms with Gasteiger partial charge in [-0.3, -0.25) is 0 Å². The maximum absolute atomic E-state index is 10.5. The Kier molecular flexibility index (Phi) is 6.48. The summed E-state index contributed by atoms with van der Waals surface area (Å²) in [4.78, 5) is 0. The highest BCUT2D eigenvalue weighted by molar-refractivity contribution is 6.74. The molecule has 1 aliphatic rings. The molecular formula is C17H34O2Si. The Morgan fingerprint density at radius 3 is 2.25 bits per heavy atom. The van der Waals surface area contributed by atoms with E-state index in [1.54, 1.807) is 0 Å². The number of hydrogen-bond acceptors (Lipinski definition) is 2. The molecule has 1 saturated carbocycles. The van der Waals surface area contributed by atoms with Gasteiger partial charge < -0.3 is 9.53 Å². The van der Waals surface area contributed by atoms with Gasteiger partial charge in [-0.1, -0.05) is 46.1 Å². The Morgan fingerprint density at radius 2 is 1.80 bits per heavy atom. The molecule has 0 amide bonds. The molecule has 2 atom stereocenters. The van der Waals surface area contributed by atoms with Crippen LogP contribution in [0.1, 0.15) is 59.3 Å². The molecule has 1 rings (SSSR count). The van der Waals surface area contributed by atoms with Gasteiger partial charge in [-0.05, 0) is 43.3 Å². The van der Waals surface area contributed by atoms with Crippen LogP contribution in [0.2, 0.25) is 18.1 Å². The summed E-state index contributed by atoms with van der Waals surface area (Å²) in [5.74, 6) is 0.521. The monoisotopic (exact) mass is 298 g/mol. The SMILES string of the molecule is C=CCC(O)[C@@H](O[Si](C)(C)C(C)(C)C)C1CCCCC1. The predicted molar refractivity (Wildman–Crippen MR) is 89.5 cm³/mol. The van der Waals surface area contributed by atoms with E-state index in [1.807, 2.05) is 6.08 Å². The van der Waals surface area contributed by atoms with Crippen molar-refractivity contribution in [1.29, 1.82) is 0 Å².